The van der Waals surface area contributed by atoms with Crippen molar-refractivity contribution in [3.63, 3.8) is 0 Å². The number of benzene rings is 3. The highest BCUT2D eigenvalue weighted by Gasteiger charge is 2.34. The van der Waals surface area contributed by atoms with E-state index in [2.05, 4.69) is 4.99 Å². The summed E-state index contributed by atoms with van der Waals surface area (Å²) in [4.78, 5) is 31.8. The summed E-state index contributed by atoms with van der Waals surface area (Å²) in [5.74, 6) is 0.174. The molecule has 2 heterocycles. The number of fused-ring (bicyclic) bond motifs is 1. The van der Waals surface area contributed by atoms with Gasteiger partial charge in [0.1, 0.15) is 18.4 Å². The number of carbonyl (C=O) groups is 1. The van der Waals surface area contributed by atoms with Gasteiger partial charge >= 0.3 is 5.97 Å². The number of hydrogen-bond acceptors (Lipinski definition) is 6. The first-order chi connectivity index (χ1) is 18.9. The van der Waals surface area contributed by atoms with Crippen LogP contribution in [0.3, 0.4) is 0 Å². The second kappa shape index (κ2) is 11.6. The first kappa shape index (κ1) is 26.9. The van der Waals surface area contributed by atoms with E-state index in [9.17, 15) is 9.59 Å². The van der Waals surface area contributed by atoms with Gasteiger partial charge in [-0.1, -0.05) is 77.0 Å². The standard InChI is InChI=1S/C30H24Cl2N2O4S/c1-3-37-29(36)26-18(2)33-30-34(27(26)23-9-4-5-10-24(23)32)28(35)25(39-30)16-19-11-13-22(14-12-19)38-17-20-7-6-8-21(31)15-20/h4-16,27H,3,17H2,1-2H3/b25-16-/t27-/m0/s1. The van der Waals surface area contributed by atoms with Crippen LogP contribution in [0.2, 0.25) is 10.0 Å². The number of ether oxygens (including phenoxy) is 2. The Bertz CT molecular complexity index is 1760. The van der Waals surface area contributed by atoms with Crippen LogP contribution in [0, 0.1) is 0 Å². The number of allylic oxidation sites excluding steroid dienone is 1. The van der Waals surface area contributed by atoms with Crippen LogP contribution >= 0.6 is 34.5 Å². The van der Waals surface area contributed by atoms with Gasteiger partial charge in [-0.2, -0.15) is 0 Å². The monoisotopic (exact) mass is 578 g/mol. The Hall–Kier alpha value is -3.65. The van der Waals surface area contributed by atoms with Gasteiger partial charge in [0.15, 0.2) is 4.80 Å². The number of hydrogen-bond donors (Lipinski definition) is 0. The van der Waals surface area contributed by atoms with Crippen LogP contribution in [0.15, 0.2) is 93.9 Å². The van der Waals surface area contributed by atoms with E-state index in [0.29, 0.717) is 48.6 Å². The molecule has 0 saturated carbocycles. The molecule has 0 fully saturated rings. The number of esters is 1. The zero-order valence-electron chi connectivity index (χ0n) is 21.2. The van der Waals surface area contributed by atoms with Crippen molar-refractivity contribution in [2.45, 2.75) is 26.5 Å². The van der Waals surface area contributed by atoms with Crippen molar-refractivity contribution in [2.75, 3.05) is 6.61 Å². The van der Waals surface area contributed by atoms with E-state index in [-0.39, 0.29) is 12.2 Å². The Morgan fingerprint density at radius 1 is 1.08 bits per heavy atom. The molecule has 1 aromatic heterocycles. The highest BCUT2D eigenvalue weighted by Crippen LogP contribution is 2.34. The van der Waals surface area contributed by atoms with Gasteiger partial charge in [0.25, 0.3) is 5.56 Å². The summed E-state index contributed by atoms with van der Waals surface area (Å²) in [6.45, 7) is 4.08. The van der Waals surface area contributed by atoms with Gasteiger partial charge in [-0.05, 0) is 66.9 Å². The van der Waals surface area contributed by atoms with Crippen molar-refractivity contribution >= 4 is 46.6 Å². The second-order valence-electron chi connectivity index (χ2n) is 8.81. The molecule has 0 unspecified atom stereocenters. The Morgan fingerprint density at radius 2 is 1.85 bits per heavy atom. The summed E-state index contributed by atoms with van der Waals surface area (Å²) in [5.41, 5.74) is 2.95. The minimum Gasteiger partial charge on any atom is -0.489 e. The normalized spacial score (nSPS) is 15.1. The van der Waals surface area contributed by atoms with Crippen molar-refractivity contribution < 1.29 is 14.3 Å². The Kier molecular flexibility index (Phi) is 8.02. The number of aromatic nitrogens is 1. The van der Waals surface area contributed by atoms with Crippen molar-refractivity contribution in [3.8, 4) is 5.75 Å². The largest absolute Gasteiger partial charge is 0.489 e. The molecule has 0 amide bonds. The molecule has 0 bridgehead atoms. The smallest absolute Gasteiger partial charge is 0.338 e. The SMILES string of the molecule is CCOC(=O)C1=C(C)N=c2s/c(=C\c3ccc(OCc4cccc(Cl)c4)cc3)c(=O)n2[C@H]1c1ccccc1Cl. The van der Waals surface area contributed by atoms with Gasteiger partial charge in [-0.25, -0.2) is 9.79 Å². The second-order valence-corrected chi connectivity index (χ2v) is 10.7. The quantitative estimate of drug-likeness (QED) is 0.264. The van der Waals surface area contributed by atoms with Crippen LogP contribution < -0.4 is 19.6 Å². The third kappa shape index (κ3) is 5.71. The first-order valence-corrected chi connectivity index (χ1v) is 13.8. The van der Waals surface area contributed by atoms with E-state index in [1.807, 2.05) is 60.7 Å². The third-order valence-corrected chi connectivity index (χ3v) is 7.75. The lowest BCUT2D eigenvalue weighted by Gasteiger charge is -2.25. The van der Waals surface area contributed by atoms with Crippen molar-refractivity contribution in [1.29, 1.82) is 0 Å². The first-order valence-electron chi connectivity index (χ1n) is 12.3. The molecule has 0 saturated heterocycles. The van der Waals surface area contributed by atoms with Gasteiger partial charge in [-0.15, -0.1) is 0 Å². The highest BCUT2D eigenvalue weighted by atomic mass is 35.5. The molecule has 1 aliphatic rings. The summed E-state index contributed by atoms with van der Waals surface area (Å²) in [7, 11) is 0. The molecular formula is C30H24Cl2N2O4S. The van der Waals surface area contributed by atoms with Crippen molar-refractivity contribution in [1.82, 2.24) is 4.57 Å². The molecule has 1 aliphatic heterocycles. The molecule has 0 spiro atoms. The fraction of sp³-hybridized carbons (Fsp3) is 0.167. The van der Waals surface area contributed by atoms with E-state index >= 15 is 0 Å². The number of nitrogens with zero attached hydrogens (tertiary/aromatic N) is 2. The fourth-order valence-electron chi connectivity index (χ4n) is 4.39. The van der Waals surface area contributed by atoms with Gasteiger partial charge in [-0.3, -0.25) is 9.36 Å². The Morgan fingerprint density at radius 3 is 2.56 bits per heavy atom. The number of halogens is 2. The molecule has 9 heteroatoms. The Balaban J connectivity index is 1.50. The average molecular weight is 580 g/mol. The van der Waals surface area contributed by atoms with Crippen LogP contribution in [0.1, 0.15) is 36.6 Å². The summed E-state index contributed by atoms with van der Waals surface area (Å²) in [6.07, 6.45) is 1.80. The maximum atomic E-state index is 13.7. The average Bonchev–Trinajstić information content (AvgIpc) is 3.22. The van der Waals surface area contributed by atoms with Crippen molar-refractivity contribution in [2.24, 2.45) is 4.99 Å². The lowest BCUT2D eigenvalue weighted by molar-refractivity contribution is -0.139. The third-order valence-electron chi connectivity index (χ3n) is 6.19. The molecule has 6 nitrogen and oxygen atoms in total. The molecule has 0 radical (unpaired) electrons. The fourth-order valence-corrected chi connectivity index (χ4v) is 5.89. The lowest BCUT2D eigenvalue weighted by atomic mass is 9.96. The number of thiazole rings is 1. The maximum Gasteiger partial charge on any atom is 0.338 e. The molecule has 39 heavy (non-hydrogen) atoms. The van der Waals surface area contributed by atoms with Gasteiger partial charge < -0.3 is 9.47 Å². The summed E-state index contributed by atoms with van der Waals surface area (Å²) >= 11 is 13.9. The molecule has 0 aliphatic carbocycles. The minimum absolute atomic E-state index is 0.202. The predicted molar refractivity (Wildman–Crippen MR) is 154 cm³/mol. The van der Waals surface area contributed by atoms with Crippen LogP contribution in [-0.2, 0) is 16.1 Å². The molecule has 1 atom stereocenters. The van der Waals surface area contributed by atoms with E-state index in [0.717, 1.165) is 11.1 Å². The van der Waals surface area contributed by atoms with E-state index in [4.69, 9.17) is 32.7 Å². The lowest BCUT2D eigenvalue weighted by Crippen LogP contribution is -2.40. The van der Waals surface area contributed by atoms with Gasteiger partial charge in [0, 0.05) is 10.0 Å². The van der Waals surface area contributed by atoms with Gasteiger partial charge in [0.2, 0.25) is 0 Å². The summed E-state index contributed by atoms with van der Waals surface area (Å²) in [6, 6.07) is 21.4. The van der Waals surface area contributed by atoms with Crippen LogP contribution in [-0.4, -0.2) is 17.1 Å². The molecule has 0 N–H and O–H groups in total. The van der Waals surface area contributed by atoms with Crippen LogP contribution in [0.25, 0.3) is 6.08 Å². The van der Waals surface area contributed by atoms with Crippen molar-refractivity contribution in [3.05, 3.63) is 130 Å². The van der Waals surface area contributed by atoms with Crippen LogP contribution in [0.5, 0.6) is 5.75 Å². The number of rotatable bonds is 7. The summed E-state index contributed by atoms with van der Waals surface area (Å²) < 4.78 is 13.2. The highest BCUT2D eigenvalue weighted by molar-refractivity contribution is 7.07. The predicted octanol–water partition coefficient (Wildman–Crippen LogP) is 5.68. The maximum absolute atomic E-state index is 13.7. The van der Waals surface area contributed by atoms with E-state index in [1.54, 1.807) is 32.1 Å². The molecule has 5 rings (SSSR count). The number of carbonyl (C=O) groups excluding carboxylic acids is 1. The zero-order valence-corrected chi connectivity index (χ0v) is 23.5. The zero-order chi connectivity index (χ0) is 27.5. The molecule has 3 aromatic carbocycles. The molecule has 198 valence electrons. The molecular weight excluding hydrogens is 555 g/mol. The van der Waals surface area contributed by atoms with E-state index in [1.165, 1.54) is 15.9 Å². The minimum atomic E-state index is -0.751. The van der Waals surface area contributed by atoms with E-state index < -0.39 is 12.0 Å². The summed E-state index contributed by atoms with van der Waals surface area (Å²) in [5, 5.41) is 1.11. The molecule has 4 aromatic rings. The Labute approximate surface area is 239 Å². The topological polar surface area (TPSA) is 69.9 Å². The van der Waals surface area contributed by atoms with Crippen LogP contribution in [0.4, 0.5) is 0 Å². The van der Waals surface area contributed by atoms with Gasteiger partial charge in [0.05, 0.1) is 22.4 Å².